The molecule has 0 radical (unpaired) electrons. The van der Waals surface area contributed by atoms with E-state index in [0.29, 0.717) is 16.6 Å². The summed E-state index contributed by atoms with van der Waals surface area (Å²) < 4.78 is 0.554. The summed E-state index contributed by atoms with van der Waals surface area (Å²) in [6.07, 6.45) is 0. The smallest absolute Gasteiger partial charge is 0.251 e. The van der Waals surface area contributed by atoms with Gasteiger partial charge in [-0.3, -0.25) is 4.79 Å². The summed E-state index contributed by atoms with van der Waals surface area (Å²) in [7, 11) is 0. The third-order valence-electron chi connectivity index (χ3n) is 1.86. The first-order valence-electron chi connectivity index (χ1n) is 3.48. The number of aromatic hydroxyl groups is 1. The van der Waals surface area contributed by atoms with Crippen LogP contribution in [-0.2, 0) is 6.54 Å². The number of benzene rings is 1. The van der Waals surface area contributed by atoms with Gasteiger partial charge in [-0.05, 0) is 33.6 Å². The Morgan fingerprint density at radius 3 is 3.00 bits per heavy atom. The molecule has 0 fully saturated rings. The number of hydrogen-bond acceptors (Lipinski definition) is 2. The van der Waals surface area contributed by atoms with Gasteiger partial charge in [-0.2, -0.15) is 0 Å². The number of rotatable bonds is 0. The Kier molecular flexibility index (Phi) is 1.58. The van der Waals surface area contributed by atoms with Crippen LogP contribution in [0.2, 0.25) is 0 Å². The zero-order valence-electron chi connectivity index (χ0n) is 6.10. The van der Waals surface area contributed by atoms with Gasteiger partial charge >= 0.3 is 0 Å². The number of halogens is 1. The maximum Gasteiger partial charge on any atom is 0.251 e. The van der Waals surface area contributed by atoms with Crippen LogP contribution in [0.15, 0.2) is 16.6 Å². The maximum absolute atomic E-state index is 11.1. The number of fused-ring (bicyclic) bond motifs is 1. The average molecular weight is 228 g/mol. The Bertz CT molecular complexity index is 362. The first-order valence-corrected chi connectivity index (χ1v) is 4.27. The van der Waals surface area contributed by atoms with E-state index >= 15 is 0 Å². The largest absolute Gasteiger partial charge is 0.507 e. The van der Waals surface area contributed by atoms with Crippen LogP contribution in [0.5, 0.6) is 5.75 Å². The molecule has 0 unspecified atom stereocenters. The molecule has 0 aliphatic carbocycles. The van der Waals surface area contributed by atoms with Crippen LogP contribution in [0.3, 0.4) is 0 Å². The van der Waals surface area contributed by atoms with Gasteiger partial charge in [-0.1, -0.05) is 0 Å². The molecule has 0 spiro atoms. The van der Waals surface area contributed by atoms with Crippen molar-refractivity contribution in [1.82, 2.24) is 5.32 Å². The fourth-order valence-electron chi connectivity index (χ4n) is 1.23. The Morgan fingerprint density at radius 1 is 1.50 bits per heavy atom. The topological polar surface area (TPSA) is 49.3 Å². The first-order chi connectivity index (χ1) is 5.68. The lowest BCUT2D eigenvalue weighted by atomic mass is 10.1. The summed E-state index contributed by atoms with van der Waals surface area (Å²) in [5.41, 5.74) is 1.49. The Hall–Kier alpha value is -1.03. The maximum atomic E-state index is 11.1. The van der Waals surface area contributed by atoms with E-state index in [-0.39, 0.29) is 11.7 Å². The second-order valence-electron chi connectivity index (χ2n) is 2.64. The third kappa shape index (κ3) is 0.992. The van der Waals surface area contributed by atoms with E-state index in [2.05, 4.69) is 21.2 Å². The van der Waals surface area contributed by atoms with Crippen LogP contribution in [0.1, 0.15) is 15.9 Å². The zero-order chi connectivity index (χ0) is 8.72. The van der Waals surface area contributed by atoms with E-state index in [1.807, 2.05) is 0 Å². The van der Waals surface area contributed by atoms with Crippen molar-refractivity contribution in [3.8, 4) is 5.75 Å². The van der Waals surface area contributed by atoms with Gasteiger partial charge in [-0.25, -0.2) is 0 Å². The molecule has 12 heavy (non-hydrogen) atoms. The van der Waals surface area contributed by atoms with E-state index in [1.54, 1.807) is 12.1 Å². The zero-order valence-corrected chi connectivity index (χ0v) is 7.68. The van der Waals surface area contributed by atoms with Crippen molar-refractivity contribution in [1.29, 1.82) is 0 Å². The predicted octanol–water partition coefficient (Wildman–Crippen LogP) is 1.40. The molecule has 2 rings (SSSR count). The van der Waals surface area contributed by atoms with E-state index in [9.17, 15) is 9.90 Å². The highest BCUT2D eigenvalue weighted by Crippen LogP contribution is 2.29. The fraction of sp³-hybridized carbons (Fsp3) is 0.125. The van der Waals surface area contributed by atoms with Crippen molar-refractivity contribution < 1.29 is 9.90 Å². The molecule has 0 bridgehead atoms. The van der Waals surface area contributed by atoms with E-state index < -0.39 is 0 Å². The lowest BCUT2D eigenvalue weighted by Crippen LogP contribution is -2.12. The van der Waals surface area contributed by atoms with Gasteiger partial charge in [0.2, 0.25) is 0 Å². The van der Waals surface area contributed by atoms with Crippen LogP contribution < -0.4 is 5.32 Å². The average Bonchev–Trinajstić information content (AvgIpc) is 2.35. The minimum Gasteiger partial charge on any atom is -0.507 e. The Morgan fingerprint density at radius 2 is 2.25 bits per heavy atom. The molecule has 1 aliphatic heterocycles. The van der Waals surface area contributed by atoms with Crippen LogP contribution in [0.4, 0.5) is 0 Å². The van der Waals surface area contributed by atoms with E-state index in [1.165, 1.54) is 0 Å². The molecular formula is C8H6BrNO2. The summed E-state index contributed by atoms with van der Waals surface area (Å²) in [5.74, 6) is 0.0935. The molecule has 1 aliphatic rings. The van der Waals surface area contributed by atoms with Gasteiger partial charge in [0.25, 0.3) is 5.91 Å². The quantitative estimate of drug-likeness (QED) is 0.705. The molecule has 0 atom stereocenters. The number of phenolic OH excluding ortho intramolecular Hbond substituents is 1. The summed E-state index contributed by atoms with van der Waals surface area (Å²) >= 11 is 3.15. The molecule has 1 amide bonds. The first kappa shape index (κ1) is 7.61. The molecule has 0 aromatic heterocycles. The highest BCUT2D eigenvalue weighted by atomic mass is 79.9. The summed E-state index contributed by atoms with van der Waals surface area (Å²) in [4.78, 5) is 11.1. The second kappa shape index (κ2) is 2.48. The van der Waals surface area contributed by atoms with Gasteiger partial charge < -0.3 is 10.4 Å². The minimum absolute atomic E-state index is 0.0781. The summed E-state index contributed by atoms with van der Waals surface area (Å²) in [6.45, 7) is 0.509. The molecule has 0 saturated carbocycles. The lowest BCUT2D eigenvalue weighted by Gasteiger charge is -1.99. The SMILES string of the molecule is O=C1NCc2cc(O)c(Br)cc21. The van der Waals surface area contributed by atoms with Gasteiger partial charge in [0.05, 0.1) is 4.47 Å². The molecule has 1 aromatic rings. The fourth-order valence-corrected chi connectivity index (χ4v) is 1.58. The normalized spacial score (nSPS) is 14.2. The van der Waals surface area contributed by atoms with Crippen LogP contribution in [0, 0.1) is 0 Å². The van der Waals surface area contributed by atoms with Crippen molar-refractivity contribution in [3.05, 3.63) is 27.7 Å². The van der Waals surface area contributed by atoms with Crippen LogP contribution >= 0.6 is 15.9 Å². The molecule has 62 valence electrons. The molecule has 3 nitrogen and oxygen atoms in total. The van der Waals surface area contributed by atoms with Gasteiger partial charge in [0, 0.05) is 12.1 Å². The number of nitrogens with one attached hydrogen (secondary N) is 1. The lowest BCUT2D eigenvalue weighted by molar-refractivity contribution is 0.0965. The molecule has 4 heteroatoms. The van der Waals surface area contributed by atoms with Crippen LogP contribution in [-0.4, -0.2) is 11.0 Å². The summed E-state index contributed by atoms with van der Waals surface area (Å²) in [6, 6.07) is 3.23. The summed E-state index contributed by atoms with van der Waals surface area (Å²) in [5, 5.41) is 12.0. The van der Waals surface area contributed by atoms with E-state index in [4.69, 9.17) is 0 Å². The Balaban J connectivity index is 2.63. The number of carbonyl (C=O) groups is 1. The molecule has 0 saturated heterocycles. The molecule has 1 aromatic carbocycles. The molecule has 2 N–H and O–H groups in total. The molecular weight excluding hydrogens is 222 g/mol. The number of phenols is 1. The van der Waals surface area contributed by atoms with Gasteiger partial charge in [-0.15, -0.1) is 0 Å². The van der Waals surface area contributed by atoms with Crippen molar-refractivity contribution in [2.24, 2.45) is 0 Å². The highest BCUT2D eigenvalue weighted by Gasteiger charge is 2.19. The standard InChI is InChI=1S/C8H6BrNO2/c9-6-2-5-4(1-7(6)11)3-10-8(5)12/h1-2,11H,3H2,(H,10,12). The number of carbonyl (C=O) groups excluding carboxylic acids is 1. The Labute approximate surface area is 77.5 Å². The predicted molar refractivity (Wildman–Crippen MR) is 47.0 cm³/mol. The van der Waals surface area contributed by atoms with Crippen LogP contribution in [0.25, 0.3) is 0 Å². The van der Waals surface area contributed by atoms with Crippen molar-refractivity contribution in [2.45, 2.75) is 6.54 Å². The minimum atomic E-state index is -0.0781. The van der Waals surface area contributed by atoms with Gasteiger partial charge in [0.1, 0.15) is 5.75 Å². The van der Waals surface area contributed by atoms with E-state index in [0.717, 1.165) is 5.56 Å². The highest BCUT2D eigenvalue weighted by molar-refractivity contribution is 9.10. The van der Waals surface area contributed by atoms with Crippen molar-refractivity contribution in [3.63, 3.8) is 0 Å². The third-order valence-corrected chi connectivity index (χ3v) is 2.49. The monoisotopic (exact) mass is 227 g/mol. The molecule has 1 heterocycles. The second-order valence-corrected chi connectivity index (χ2v) is 3.50. The number of hydrogen-bond donors (Lipinski definition) is 2. The van der Waals surface area contributed by atoms with Gasteiger partial charge in [0.15, 0.2) is 0 Å². The van der Waals surface area contributed by atoms with Crippen molar-refractivity contribution in [2.75, 3.05) is 0 Å². The van der Waals surface area contributed by atoms with Crippen molar-refractivity contribution >= 4 is 21.8 Å². The number of amides is 1.